The lowest BCUT2D eigenvalue weighted by atomic mass is 9.92. The number of benzene rings is 2. The molecule has 3 heterocycles. The van der Waals surface area contributed by atoms with Gasteiger partial charge in [-0.25, -0.2) is 19.9 Å². The zero-order chi connectivity index (χ0) is 38.0. The summed E-state index contributed by atoms with van der Waals surface area (Å²) >= 11 is 12.1. The fraction of sp³-hybridized carbons (Fsp3) is 0.314. The Labute approximate surface area is 307 Å². The first kappa shape index (κ1) is 37.8. The molecule has 7 rings (SSSR count). The molecule has 10 nitrogen and oxygen atoms in total. The molecule has 18 heteroatoms. The molecule has 2 aliphatic rings. The number of aromatic nitrogens is 6. The topological polar surface area (TPSA) is 137 Å². The Morgan fingerprint density at radius 3 is 1.64 bits per heavy atom. The molecule has 0 atom stereocenters. The summed E-state index contributed by atoms with van der Waals surface area (Å²) in [4.78, 5) is 39.4. The van der Waals surface area contributed by atoms with Crippen LogP contribution in [0.2, 0.25) is 10.0 Å². The smallest absolute Gasteiger partial charge is 0.413 e. The highest BCUT2D eigenvalue weighted by Crippen LogP contribution is 2.51. The largest absolute Gasteiger partial charge is 0.471 e. The minimum Gasteiger partial charge on any atom is -0.413 e. The zero-order valence-corrected chi connectivity index (χ0v) is 28.8. The van der Waals surface area contributed by atoms with E-state index in [9.17, 15) is 35.9 Å². The summed E-state index contributed by atoms with van der Waals surface area (Å²) in [7, 11) is 0. The van der Waals surface area contributed by atoms with E-state index in [0.29, 0.717) is 34.5 Å². The zero-order valence-electron chi connectivity index (χ0n) is 27.3. The van der Waals surface area contributed by atoms with Crippen LogP contribution in [0.1, 0.15) is 64.7 Å². The molecule has 2 aliphatic carbocycles. The van der Waals surface area contributed by atoms with Crippen LogP contribution in [0.25, 0.3) is 11.5 Å². The molecule has 1 amide bonds. The second-order valence-corrected chi connectivity index (χ2v) is 13.6. The van der Waals surface area contributed by atoms with Gasteiger partial charge in [-0.15, -0.1) is 10.2 Å². The Kier molecular flexibility index (Phi) is 10.6. The van der Waals surface area contributed by atoms with E-state index in [1.165, 1.54) is 30.1 Å². The van der Waals surface area contributed by atoms with E-state index in [1.54, 1.807) is 6.07 Å². The van der Waals surface area contributed by atoms with Gasteiger partial charge in [-0.1, -0.05) is 47.5 Å². The maximum atomic E-state index is 12.5. The van der Waals surface area contributed by atoms with Gasteiger partial charge in [0.2, 0.25) is 0 Å². The lowest BCUT2D eigenvalue weighted by Gasteiger charge is -2.15. The van der Waals surface area contributed by atoms with Crippen LogP contribution in [-0.2, 0) is 34.6 Å². The number of rotatable bonds is 10. The number of hydrogen-bond acceptors (Lipinski definition) is 9. The molecule has 53 heavy (non-hydrogen) atoms. The van der Waals surface area contributed by atoms with E-state index in [0.717, 1.165) is 36.8 Å². The first-order chi connectivity index (χ1) is 25.1. The van der Waals surface area contributed by atoms with Crippen molar-refractivity contribution in [2.75, 3.05) is 6.54 Å². The Bertz CT molecular complexity index is 2100. The molecule has 3 aromatic heterocycles. The van der Waals surface area contributed by atoms with E-state index < -0.39 is 36.5 Å². The van der Waals surface area contributed by atoms with Crippen molar-refractivity contribution in [3.63, 3.8) is 0 Å². The molecule has 2 fully saturated rings. The molecule has 5 aromatic rings. The number of carbonyl (C=O) groups is 2. The molecule has 1 N–H and O–H groups in total. The average Bonchev–Trinajstić information content (AvgIpc) is 4.03. The summed E-state index contributed by atoms with van der Waals surface area (Å²) in [5, 5.41) is 9.25. The number of Topliss-reactive ketones (excluding diaryl/α,β-unsaturated/α-hetero) is 1. The average molecular weight is 779 g/mol. The van der Waals surface area contributed by atoms with Crippen LogP contribution in [0.3, 0.4) is 0 Å². The van der Waals surface area contributed by atoms with Crippen LogP contribution in [0.4, 0.5) is 26.3 Å². The summed E-state index contributed by atoms with van der Waals surface area (Å²) in [6.45, 7) is -0.770. The van der Waals surface area contributed by atoms with Gasteiger partial charge in [0, 0.05) is 58.5 Å². The van der Waals surface area contributed by atoms with Gasteiger partial charge in [0.25, 0.3) is 5.89 Å². The molecule has 0 bridgehead atoms. The standard InChI is InChI=1S/C18H15ClF3N3O2.C17H12ClF3N4O/c19-13-3-1-2-12(6-13)17(4-5-17)7-15-23-8-11(9-24-15)14(26)10-25-16(27)18(20,21)22;18-12-3-1-2-11(6-12)16(4-5-16)7-13-22-8-10(9-23-13)14-24-25-15(26-14)17(19,20)21/h1-3,6,8-9H,4-5,7,10H2,(H,25,27);1-3,6,8-9H,4-5,7H2. The first-order valence-corrected chi connectivity index (χ1v) is 16.7. The van der Waals surface area contributed by atoms with Crippen molar-refractivity contribution < 1.29 is 40.3 Å². The highest BCUT2D eigenvalue weighted by molar-refractivity contribution is 6.30. The number of nitrogens with zero attached hydrogens (tertiary/aromatic N) is 6. The minimum absolute atomic E-state index is 0.0274. The second-order valence-electron chi connectivity index (χ2n) is 12.7. The van der Waals surface area contributed by atoms with E-state index in [1.807, 2.05) is 42.5 Å². The van der Waals surface area contributed by atoms with Crippen LogP contribution < -0.4 is 5.32 Å². The van der Waals surface area contributed by atoms with Gasteiger partial charge in [-0.2, -0.15) is 26.3 Å². The van der Waals surface area contributed by atoms with Gasteiger partial charge in [0.15, 0.2) is 5.78 Å². The molecular weight excluding hydrogens is 751 g/mol. The molecule has 2 aromatic carbocycles. The second kappa shape index (κ2) is 14.8. The van der Waals surface area contributed by atoms with Crippen LogP contribution in [-0.4, -0.2) is 54.5 Å². The maximum absolute atomic E-state index is 12.5. The van der Waals surface area contributed by atoms with Gasteiger partial charge < -0.3 is 9.73 Å². The Balaban J connectivity index is 0.000000181. The van der Waals surface area contributed by atoms with Crippen molar-refractivity contribution in [1.82, 2.24) is 35.5 Å². The molecule has 0 unspecified atom stereocenters. The number of carbonyl (C=O) groups excluding carboxylic acids is 2. The highest BCUT2D eigenvalue weighted by Gasteiger charge is 2.46. The number of alkyl halides is 6. The first-order valence-electron chi connectivity index (χ1n) is 16.0. The lowest BCUT2D eigenvalue weighted by Crippen LogP contribution is -2.39. The number of hydrogen-bond donors (Lipinski definition) is 1. The van der Waals surface area contributed by atoms with Crippen LogP contribution in [0, 0.1) is 0 Å². The number of ketones is 1. The molecule has 276 valence electrons. The lowest BCUT2D eigenvalue weighted by molar-refractivity contribution is -0.173. The van der Waals surface area contributed by atoms with E-state index in [2.05, 4.69) is 34.6 Å². The van der Waals surface area contributed by atoms with Gasteiger partial charge in [0.05, 0.1) is 17.7 Å². The predicted molar refractivity (Wildman–Crippen MR) is 178 cm³/mol. The molecular formula is C35H27Cl2F6N7O3. The molecule has 0 saturated heterocycles. The highest BCUT2D eigenvalue weighted by atomic mass is 35.5. The molecule has 0 aliphatic heterocycles. The summed E-state index contributed by atoms with van der Waals surface area (Å²) in [6, 6.07) is 15.3. The fourth-order valence-electron chi connectivity index (χ4n) is 5.64. The van der Waals surface area contributed by atoms with Crippen molar-refractivity contribution in [1.29, 1.82) is 0 Å². The van der Waals surface area contributed by atoms with E-state index in [-0.39, 0.29) is 27.8 Å². The van der Waals surface area contributed by atoms with E-state index in [4.69, 9.17) is 23.2 Å². The minimum atomic E-state index is -5.03. The van der Waals surface area contributed by atoms with Gasteiger partial charge in [-0.3, -0.25) is 9.59 Å². The van der Waals surface area contributed by atoms with Crippen molar-refractivity contribution in [3.8, 4) is 11.5 Å². The monoisotopic (exact) mass is 777 g/mol. The fourth-order valence-corrected chi connectivity index (χ4v) is 6.02. The number of halogens is 8. The third-order valence-electron chi connectivity index (χ3n) is 8.89. The Morgan fingerprint density at radius 2 is 1.23 bits per heavy atom. The maximum Gasteiger partial charge on any atom is 0.471 e. The van der Waals surface area contributed by atoms with Gasteiger partial charge in [-0.05, 0) is 61.1 Å². The van der Waals surface area contributed by atoms with Crippen molar-refractivity contribution in [3.05, 3.63) is 118 Å². The van der Waals surface area contributed by atoms with E-state index >= 15 is 0 Å². The molecule has 2 saturated carbocycles. The predicted octanol–water partition coefficient (Wildman–Crippen LogP) is 7.74. The van der Waals surface area contributed by atoms with Gasteiger partial charge in [0.1, 0.15) is 11.6 Å². The normalized spacial score (nSPS) is 15.5. The van der Waals surface area contributed by atoms with Gasteiger partial charge >= 0.3 is 24.2 Å². The summed E-state index contributed by atoms with van der Waals surface area (Å²) in [6.07, 6.45) is 0.777. The van der Waals surface area contributed by atoms with Crippen LogP contribution in [0.15, 0.2) is 77.7 Å². The number of amides is 1. The van der Waals surface area contributed by atoms with Crippen molar-refractivity contribution in [2.24, 2.45) is 0 Å². The van der Waals surface area contributed by atoms with Crippen LogP contribution >= 0.6 is 23.2 Å². The summed E-state index contributed by atoms with van der Waals surface area (Å²) in [5.74, 6) is -3.39. The molecule has 0 spiro atoms. The third kappa shape index (κ3) is 9.35. The van der Waals surface area contributed by atoms with Crippen molar-refractivity contribution in [2.45, 2.75) is 61.7 Å². The summed E-state index contributed by atoms with van der Waals surface area (Å²) in [5.41, 5.74) is 2.42. The van der Waals surface area contributed by atoms with Crippen molar-refractivity contribution >= 4 is 34.9 Å². The molecule has 0 radical (unpaired) electrons. The summed E-state index contributed by atoms with van der Waals surface area (Å²) < 4.78 is 78.6. The van der Waals surface area contributed by atoms with Crippen LogP contribution in [0.5, 0.6) is 0 Å². The quantitative estimate of drug-likeness (QED) is 0.112. The Morgan fingerprint density at radius 1 is 0.736 bits per heavy atom. The SMILES string of the molecule is FC(F)(F)c1nnc(-c2cnc(CC3(c4cccc(Cl)c4)CC3)nc2)o1.O=C(CNC(=O)C(F)(F)F)c1cnc(CC2(c3cccc(Cl)c3)CC2)nc1. The number of nitrogens with one attached hydrogen (secondary N) is 1. The third-order valence-corrected chi connectivity index (χ3v) is 9.36. The Hall–Kier alpha value is -4.96.